The first-order valence-corrected chi connectivity index (χ1v) is 12.4. The predicted molar refractivity (Wildman–Crippen MR) is 129 cm³/mol. The van der Waals surface area contributed by atoms with Gasteiger partial charge in [0.05, 0.1) is 5.70 Å². The Balaban J connectivity index is 1.03. The maximum atomic E-state index is 10.7. The fraction of sp³-hybridized carbons (Fsp3) is 0.385. The number of pyridine rings is 1. The van der Waals surface area contributed by atoms with Crippen LogP contribution in [-0.4, -0.2) is 63.2 Å². The smallest absolute Gasteiger partial charge is 0.257 e. The zero-order chi connectivity index (χ0) is 24.8. The van der Waals surface area contributed by atoms with Crippen LogP contribution in [0.25, 0.3) is 5.70 Å². The van der Waals surface area contributed by atoms with E-state index >= 15 is 0 Å². The molecular weight excluding hydrogens is 478 g/mol. The van der Waals surface area contributed by atoms with Crippen LogP contribution in [-0.2, 0) is 17.8 Å². The van der Waals surface area contributed by atoms with Crippen LogP contribution < -0.4 is 14.2 Å². The molecule has 1 N–H and O–H groups in total. The molecule has 3 aromatic rings. The molecule has 4 aliphatic rings. The second-order valence-corrected chi connectivity index (χ2v) is 9.39. The minimum absolute atomic E-state index is 0.224. The second kappa shape index (κ2) is 9.07. The van der Waals surface area contributed by atoms with E-state index < -0.39 is 6.35 Å². The monoisotopic (exact) mass is 503 g/mol. The normalized spacial score (nSPS) is 21.9. The van der Waals surface area contributed by atoms with Gasteiger partial charge in [-0.3, -0.25) is 0 Å². The van der Waals surface area contributed by atoms with Crippen molar-refractivity contribution >= 4 is 11.6 Å². The molecule has 0 spiro atoms. The molecule has 1 aromatic carbocycles. The quantitative estimate of drug-likeness (QED) is 0.537. The maximum Gasteiger partial charge on any atom is 0.257 e. The minimum Gasteiger partial charge on any atom is -0.485 e. The van der Waals surface area contributed by atoms with Crippen molar-refractivity contribution in [2.24, 2.45) is 4.99 Å². The fourth-order valence-electron chi connectivity index (χ4n) is 4.64. The first kappa shape index (κ1) is 22.1. The van der Waals surface area contributed by atoms with Gasteiger partial charge in [0.2, 0.25) is 24.0 Å². The van der Waals surface area contributed by atoms with E-state index in [0.717, 1.165) is 41.8 Å². The minimum atomic E-state index is -1.02. The number of fused-ring (bicyclic) bond motifs is 4. The van der Waals surface area contributed by atoms with Crippen molar-refractivity contribution in [2.75, 3.05) is 19.8 Å². The highest BCUT2D eigenvalue weighted by Crippen LogP contribution is 2.39. The van der Waals surface area contributed by atoms with Gasteiger partial charge in [-0.25, -0.2) is 4.98 Å². The molecule has 1 aliphatic carbocycles. The van der Waals surface area contributed by atoms with E-state index in [2.05, 4.69) is 20.1 Å². The number of rotatable bonds is 6. The highest BCUT2D eigenvalue weighted by molar-refractivity contribution is 5.97. The Hall–Kier alpha value is -4.12. The van der Waals surface area contributed by atoms with Gasteiger partial charge in [-0.05, 0) is 55.2 Å². The van der Waals surface area contributed by atoms with E-state index in [1.54, 1.807) is 18.3 Å². The van der Waals surface area contributed by atoms with Crippen LogP contribution in [0.1, 0.15) is 41.6 Å². The lowest BCUT2D eigenvalue weighted by molar-refractivity contribution is 0.0348. The molecule has 2 aromatic heterocycles. The summed E-state index contributed by atoms with van der Waals surface area (Å²) in [5.41, 5.74) is 2.97. The van der Waals surface area contributed by atoms with Crippen molar-refractivity contribution in [3.05, 3.63) is 65.4 Å². The number of benzene rings is 1. The van der Waals surface area contributed by atoms with Crippen molar-refractivity contribution in [1.82, 2.24) is 20.0 Å². The van der Waals surface area contributed by atoms with E-state index in [1.807, 2.05) is 29.2 Å². The lowest BCUT2D eigenvalue weighted by atomic mass is 9.95. The van der Waals surface area contributed by atoms with Crippen LogP contribution in [0.4, 0.5) is 0 Å². The van der Waals surface area contributed by atoms with Crippen LogP contribution in [0.5, 0.6) is 17.4 Å². The zero-order valence-electron chi connectivity index (χ0n) is 19.9. The number of hydrogen-bond acceptors (Lipinski definition) is 11. The molecule has 0 saturated heterocycles. The van der Waals surface area contributed by atoms with E-state index in [4.69, 9.17) is 23.5 Å². The summed E-state index contributed by atoms with van der Waals surface area (Å²) in [6.07, 6.45) is 5.15. The summed E-state index contributed by atoms with van der Waals surface area (Å²) in [6, 6.07) is 9.52. The van der Waals surface area contributed by atoms with E-state index in [1.165, 1.54) is 0 Å². The molecule has 37 heavy (non-hydrogen) atoms. The second-order valence-electron chi connectivity index (χ2n) is 9.39. The Morgan fingerprint density at radius 2 is 2.11 bits per heavy atom. The topological polar surface area (TPSA) is 125 Å². The summed E-state index contributed by atoms with van der Waals surface area (Å²) in [5.74, 6) is 3.81. The molecule has 7 rings (SSSR count). The summed E-state index contributed by atoms with van der Waals surface area (Å²) in [5, 5.41) is 14.7. The lowest BCUT2D eigenvalue weighted by Crippen LogP contribution is -2.41. The lowest BCUT2D eigenvalue weighted by Gasteiger charge is -2.37. The fourth-order valence-corrected chi connectivity index (χ4v) is 4.64. The average molecular weight is 504 g/mol. The molecule has 0 radical (unpaired) electrons. The molecule has 2 unspecified atom stereocenters. The van der Waals surface area contributed by atoms with Gasteiger partial charge >= 0.3 is 0 Å². The summed E-state index contributed by atoms with van der Waals surface area (Å²) < 4.78 is 28.7. The van der Waals surface area contributed by atoms with Gasteiger partial charge in [0.15, 0.2) is 18.5 Å². The SMILES string of the molecule is OC1N=C(OCC2COc3ncccc3O2)C=C2c3ccc(OCc4noc(C5CC5)n4)cc3CCN21. The predicted octanol–water partition coefficient (Wildman–Crippen LogP) is 2.66. The third-order valence-corrected chi connectivity index (χ3v) is 6.70. The highest BCUT2D eigenvalue weighted by Gasteiger charge is 2.31. The zero-order valence-corrected chi connectivity index (χ0v) is 19.9. The molecule has 1 fully saturated rings. The Morgan fingerprint density at radius 1 is 1.16 bits per heavy atom. The molecule has 11 heteroatoms. The number of aliphatic hydroxyl groups excluding tert-OH is 1. The van der Waals surface area contributed by atoms with Crippen LogP contribution in [0.3, 0.4) is 0 Å². The Bertz CT molecular complexity index is 1380. The van der Waals surface area contributed by atoms with Crippen LogP contribution in [0.15, 0.2) is 52.1 Å². The van der Waals surface area contributed by atoms with Crippen molar-refractivity contribution in [3.63, 3.8) is 0 Å². The molecule has 1 saturated carbocycles. The number of nitrogens with zero attached hydrogens (tertiary/aromatic N) is 5. The van der Waals surface area contributed by atoms with Crippen molar-refractivity contribution in [3.8, 4) is 17.4 Å². The van der Waals surface area contributed by atoms with E-state index in [-0.39, 0.29) is 19.3 Å². The van der Waals surface area contributed by atoms with Gasteiger partial charge in [-0.15, -0.1) is 0 Å². The molecule has 2 atom stereocenters. The summed E-state index contributed by atoms with van der Waals surface area (Å²) >= 11 is 0. The number of aliphatic hydroxyl groups is 1. The molecule has 5 heterocycles. The molecule has 190 valence electrons. The Morgan fingerprint density at radius 3 is 3.03 bits per heavy atom. The van der Waals surface area contributed by atoms with Crippen LogP contribution >= 0.6 is 0 Å². The Labute approximate surface area is 212 Å². The van der Waals surface area contributed by atoms with Gasteiger partial charge in [-0.2, -0.15) is 9.98 Å². The first-order valence-electron chi connectivity index (χ1n) is 12.4. The summed E-state index contributed by atoms with van der Waals surface area (Å²) in [4.78, 5) is 14.7. The Kier molecular flexibility index (Phi) is 5.42. The van der Waals surface area contributed by atoms with Crippen molar-refractivity contribution in [2.45, 2.75) is 44.2 Å². The standard InChI is InChI=1S/C26H25N5O6/c32-26-29-23(34-12-18-13-35-25-21(36-18)2-1-8-27-25)11-20-19-6-5-17(10-16(19)7-9-31(20)26)33-14-22-28-24(37-30-22)15-3-4-15/h1-2,5-6,8,10-11,15,18,26,32H,3-4,7,9,12-14H2. The molecule has 0 amide bonds. The largest absolute Gasteiger partial charge is 0.485 e. The third kappa shape index (κ3) is 4.46. The van der Waals surface area contributed by atoms with E-state index in [0.29, 0.717) is 48.3 Å². The van der Waals surface area contributed by atoms with Gasteiger partial charge < -0.3 is 33.5 Å². The van der Waals surface area contributed by atoms with Crippen molar-refractivity contribution < 1.29 is 28.6 Å². The average Bonchev–Trinajstić information content (AvgIpc) is 3.67. The number of aliphatic imine (C=N–C) groups is 1. The first-order chi connectivity index (χ1) is 18.2. The number of aromatic nitrogens is 3. The van der Waals surface area contributed by atoms with Gasteiger partial charge in [-0.1, -0.05) is 5.16 Å². The summed E-state index contributed by atoms with van der Waals surface area (Å²) in [6.45, 7) is 1.42. The maximum absolute atomic E-state index is 10.7. The van der Waals surface area contributed by atoms with Gasteiger partial charge in [0, 0.05) is 30.3 Å². The molecule has 11 nitrogen and oxygen atoms in total. The van der Waals surface area contributed by atoms with Crippen molar-refractivity contribution in [1.29, 1.82) is 0 Å². The number of hydrogen-bond donors (Lipinski definition) is 1. The molecule has 3 aliphatic heterocycles. The van der Waals surface area contributed by atoms with Gasteiger partial charge in [0.25, 0.3) is 5.88 Å². The number of ether oxygens (including phenoxy) is 4. The highest BCUT2D eigenvalue weighted by atomic mass is 16.6. The van der Waals surface area contributed by atoms with Crippen LogP contribution in [0.2, 0.25) is 0 Å². The van der Waals surface area contributed by atoms with Gasteiger partial charge in [0.1, 0.15) is 19.0 Å². The molecule has 0 bridgehead atoms. The van der Waals surface area contributed by atoms with E-state index in [9.17, 15) is 5.11 Å². The summed E-state index contributed by atoms with van der Waals surface area (Å²) in [7, 11) is 0. The third-order valence-electron chi connectivity index (χ3n) is 6.70. The van der Waals surface area contributed by atoms with Crippen LogP contribution in [0, 0.1) is 0 Å². The molecular formula is C26H25N5O6.